The fraction of sp³-hybridized carbons (Fsp3) is 0.500. The van der Waals surface area contributed by atoms with Crippen LogP contribution in [0.15, 0.2) is 30.3 Å². The molecule has 21 heavy (non-hydrogen) atoms. The van der Waals surface area contributed by atoms with Gasteiger partial charge in [0, 0.05) is 6.04 Å². The number of carbonyl (C=O) groups is 2. The van der Waals surface area contributed by atoms with Gasteiger partial charge in [0.1, 0.15) is 6.04 Å². The van der Waals surface area contributed by atoms with E-state index in [1.165, 1.54) is 0 Å². The van der Waals surface area contributed by atoms with Crippen molar-refractivity contribution in [2.45, 2.75) is 39.3 Å². The predicted octanol–water partition coefficient (Wildman–Crippen LogP) is 1.94. The van der Waals surface area contributed by atoms with E-state index in [1.54, 1.807) is 13.8 Å². The summed E-state index contributed by atoms with van der Waals surface area (Å²) in [6, 6.07) is 7.98. The van der Waals surface area contributed by atoms with Gasteiger partial charge in [-0.3, -0.25) is 4.79 Å². The molecule has 0 saturated heterocycles. The number of rotatable bonds is 7. The molecule has 1 rings (SSSR count). The van der Waals surface area contributed by atoms with Crippen LogP contribution in [-0.4, -0.2) is 23.0 Å². The average molecular weight is 292 g/mol. The minimum atomic E-state index is -1.02. The maximum atomic E-state index is 12.2. The number of carboxylic acids is 1. The first-order chi connectivity index (χ1) is 9.88. The van der Waals surface area contributed by atoms with Crippen LogP contribution in [0.1, 0.15) is 38.8 Å². The van der Waals surface area contributed by atoms with Gasteiger partial charge in [0.25, 0.3) is 0 Å². The molecule has 0 fully saturated rings. The van der Waals surface area contributed by atoms with Crippen LogP contribution in [0.25, 0.3) is 0 Å². The van der Waals surface area contributed by atoms with Gasteiger partial charge >= 0.3 is 5.97 Å². The maximum Gasteiger partial charge on any atom is 0.326 e. The van der Waals surface area contributed by atoms with Gasteiger partial charge in [-0.25, -0.2) is 4.79 Å². The van der Waals surface area contributed by atoms with Crippen molar-refractivity contribution in [2.75, 3.05) is 0 Å². The molecule has 0 aromatic heterocycles. The van der Waals surface area contributed by atoms with Crippen LogP contribution in [-0.2, 0) is 9.59 Å². The molecule has 0 bridgehead atoms. The Balaban J connectivity index is 2.75. The lowest BCUT2D eigenvalue weighted by atomic mass is 9.93. The van der Waals surface area contributed by atoms with E-state index in [0.717, 1.165) is 5.56 Å². The lowest BCUT2D eigenvalue weighted by molar-refractivity contribution is -0.144. The Kier molecular flexibility index (Phi) is 6.37. The quantitative estimate of drug-likeness (QED) is 0.716. The molecule has 1 aromatic rings. The van der Waals surface area contributed by atoms with E-state index in [4.69, 9.17) is 5.73 Å². The zero-order chi connectivity index (χ0) is 16.0. The van der Waals surface area contributed by atoms with Gasteiger partial charge in [0.2, 0.25) is 5.91 Å². The van der Waals surface area contributed by atoms with Crippen molar-refractivity contribution < 1.29 is 14.7 Å². The van der Waals surface area contributed by atoms with Gasteiger partial charge in [-0.2, -0.15) is 0 Å². The fourth-order valence-electron chi connectivity index (χ4n) is 2.09. The number of hydrogen-bond donors (Lipinski definition) is 3. The van der Waals surface area contributed by atoms with Gasteiger partial charge < -0.3 is 16.2 Å². The first-order valence-electron chi connectivity index (χ1n) is 7.22. The minimum absolute atomic E-state index is 0.133. The number of amides is 1. The van der Waals surface area contributed by atoms with Crippen molar-refractivity contribution >= 4 is 11.9 Å². The van der Waals surface area contributed by atoms with Crippen LogP contribution >= 0.6 is 0 Å². The van der Waals surface area contributed by atoms with Crippen molar-refractivity contribution in [3.8, 4) is 0 Å². The van der Waals surface area contributed by atoms with E-state index < -0.39 is 24.0 Å². The molecule has 0 radical (unpaired) electrons. The Labute approximate surface area is 125 Å². The maximum absolute atomic E-state index is 12.2. The lowest BCUT2D eigenvalue weighted by Crippen LogP contribution is -2.48. The number of nitrogens with two attached hydrogens (primary N) is 1. The molecule has 0 aliphatic heterocycles. The van der Waals surface area contributed by atoms with E-state index in [0.29, 0.717) is 6.42 Å². The highest BCUT2D eigenvalue weighted by Gasteiger charge is 2.29. The zero-order valence-corrected chi connectivity index (χ0v) is 12.7. The van der Waals surface area contributed by atoms with E-state index in [1.807, 2.05) is 37.3 Å². The molecule has 0 aliphatic carbocycles. The largest absolute Gasteiger partial charge is 0.480 e. The van der Waals surface area contributed by atoms with Crippen LogP contribution in [0.2, 0.25) is 0 Å². The third kappa shape index (κ3) is 4.56. The molecule has 4 atom stereocenters. The molecule has 116 valence electrons. The van der Waals surface area contributed by atoms with Crippen molar-refractivity contribution in [1.29, 1.82) is 0 Å². The van der Waals surface area contributed by atoms with Crippen molar-refractivity contribution in [3.05, 3.63) is 35.9 Å². The summed E-state index contributed by atoms with van der Waals surface area (Å²) in [6.45, 7) is 5.41. The SMILES string of the molecule is CC[C@H](C)[C@H](NC(=O)C(C)C(N)c1ccccc1)C(=O)O. The summed E-state index contributed by atoms with van der Waals surface area (Å²) < 4.78 is 0. The minimum Gasteiger partial charge on any atom is -0.480 e. The highest BCUT2D eigenvalue weighted by atomic mass is 16.4. The lowest BCUT2D eigenvalue weighted by Gasteiger charge is -2.25. The molecule has 2 unspecified atom stereocenters. The first-order valence-corrected chi connectivity index (χ1v) is 7.22. The second-order valence-electron chi connectivity index (χ2n) is 5.44. The fourth-order valence-corrected chi connectivity index (χ4v) is 2.09. The van der Waals surface area contributed by atoms with Gasteiger partial charge in [-0.1, -0.05) is 57.5 Å². The Bertz CT molecular complexity index is 476. The summed E-state index contributed by atoms with van der Waals surface area (Å²) in [4.78, 5) is 23.5. The molecule has 5 nitrogen and oxygen atoms in total. The first kappa shape index (κ1) is 17.2. The van der Waals surface area contributed by atoms with Crippen molar-refractivity contribution in [2.24, 2.45) is 17.6 Å². The molecule has 4 N–H and O–H groups in total. The molecular weight excluding hydrogens is 268 g/mol. The Hall–Kier alpha value is -1.88. The molecule has 0 saturated carbocycles. The number of carbonyl (C=O) groups excluding carboxylic acids is 1. The zero-order valence-electron chi connectivity index (χ0n) is 12.7. The van der Waals surface area contributed by atoms with E-state index in [-0.39, 0.29) is 11.8 Å². The number of hydrogen-bond acceptors (Lipinski definition) is 3. The van der Waals surface area contributed by atoms with Crippen LogP contribution < -0.4 is 11.1 Å². The summed E-state index contributed by atoms with van der Waals surface area (Å²) in [5.74, 6) is -1.98. The van der Waals surface area contributed by atoms with Crippen molar-refractivity contribution in [3.63, 3.8) is 0 Å². The summed E-state index contributed by atoms with van der Waals surface area (Å²) >= 11 is 0. The Morgan fingerprint density at radius 3 is 2.29 bits per heavy atom. The number of carboxylic acid groups (broad SMARTS) is 1. The van der Waals surface area contributed by atoms with Gasteiger partial charge in [0.15, 0.2) is 0 Å². The van der Waals surface area contributed by atoms with Gasteiger partial charge in [-0.05, 0) is 11.5 Å². The number of benzene rings is 1. The van der Waals surface area contributed by atoms with E-state index in [2.05, 4.69) is 5.32 Å². The standard InChI is InChI=1S/C16H24N2O3/c1-4-10(2)14(16(20)21)18-15(19)11(3)13(17)12-8-6-5-7-9-12/h5-11,13-14H,4,17H2,1-3H3,(H,18,19)(H,20,21)/t10-,11?,13?,14-/m0/s1. The third-order valence-electron chi connectivity index (χ3n) is 3.91. The van der Waals surface area contributed by atoms with E-state index in [9.17, 15) is 14.7 Å². The van der Waals surface area contributed by atoms with Crippen LogP contribution in [0.5, 0.6) is 0 Å². The van der Waals surface area contributed by atoms with Crippen LogP contribution in [0, 0.1) is 11.8 Å². The van der Waals surface area contributed by atoms with Crippen LogP contribution in [0.4, 0.5) is 0 Å². The Morgan fingerprint density at radius 2 is 1.81 bits per heavy atom. The van der Waals surface area contributed by atoms with Gasteiger partial charge in [-0.15, -0.1) is 0 Å². The molecule has 0 heterocycles. The van der Waals surface area contributed by atoms with Crippen molar-refractivity contribution in [1.82, 2.24) is 5.32 Å². The normalized spacial score (nSPS) is 16.6. The summed E-state index contributed by atoms with van der Waals surface area (Å²) in [7, 11) is 0. The molecular formula is C16H24N2O3. The number of aliphatic carboxylic acids is 1. The number of nitrogens with one attached hydrogen (secondary N) is 1. The van der Waals surface area contributed by atoms with Gasteiger partial charge in [0.05, 0.1) is 5.92 Å². The second kappa shape index (κ2) is 7.78. The topological polar surface area (TPSA) is 92.4 Å². The molecule has 1 amide bonds. The van der Waals surface area contributed by atoms with E-state index >= 15 is 0 Å². The summed E-state index contributed by atoms with van der Waals surface area (Å²) in [5.41, 5.74) is 6.95. The molecule has 1 aromatic carbocycles. The second-order valence-corrected chi connectivity index (χ2v) is 5.44. The molecule has 0 aliphatic rings. The Morgan fingerprint density at radius 1 is 1.24 bits per heavy atom. The summed E-state index contributed by atoms with van der Waals surface area (Å²) in [6.07, 6.45) is 0.677. The smallest absolute Gasteiger partial charge is 0.326 e. The average Bonchev–Trinajstić information content (AvgIpc) is 2.50. The highest BCUT2D eigenvalue weighted by Crippen LogP contribution is 2.20. The molecule has 5 heteroatoms. The highest BCUT2D eigenvalue weighted by molar-refractivity contribution is 5.85. The predicted molar refractivity (Wildman–Crippen MR) is 81.6 cm³/mol. The summed E-state index contributed by atoms with van der Waals surface area (Å²) in [5, 5.41) is 11.8. The monoisotopic (exact) mass is 292 g/mol. The molecule has 0 spiro atoms. The van der Waals surface area contributed by atoms with Crippen LogP contribution in [0.3, 0.4) is 0 Å². The third-order valence-corrected chi connectivity index (χ3v) is 3.91.